The molecular formula is C4H12OS3. The van der Waals surface area contributed by atoms with Crippen molar-refractivity contribution in [2.24, 2.45) is 0 Å². The fourth-order valence-corrected chi connectivity index (χ4v) is 0. The van der Waals surface area contributed by atoms with Crippen LogP contribution in [0.15, 0.2) is 0 Å². The van der Waals surface area contributed by atoms with Crippen LogP contribution in [0.1, 0.15) is 0 Å². The van der Waals surface area contributed by atoms with Gasteiger partial charge in [-0.3, -0.25) is 0 Å². The SMILES string of the molecule is CSCO.CSCS. The third-order valence-electron chi connectivity index (χ3n) is 0.258. The summed E-state index contributed by atoms with van der Waals surface area (Å²) in [7, 11) is 0. The Morgan fingerprint density at radius 1 is 1.38 bits per heavy atom. The fraction of sp³-hybridized carbons (Fsp3) is 1.00. The molecule has 0 radical (unpaired) electrons. The molecule has 4 heteroatoms. The van der Waals surface area contributed by atoms with E-state index in [0.717, 1.165) is 5.08 Å². The maximum absolute atomic E-state index is 7.84. The molecule has 0 saturated carbocycles. The second-order valence-corrected chi connectivity index (χ2v) is 3.28. The molecule has 0 saturated heterocycles. The molecule has 0 aliphatic rings. The van der Waals surface area contributed by atoms with Crippen LogP contribution in [-0.2, 0) is 0 Å². The maximum Gasteiger partial charge on any atom is 0.0883 e. The van der Waals surface area contributed by atoms with Crippen LogP contribution in [0.25, 0.3) is 0 Å². The van der Waals surface area contributed by atoms with E-state index in [2.05, 4.69) is 12.6 Å². The summed E-state index contributed by atoms with van der Waals surface area (Å²) in [6, 6.07) is 0. The van der Waals surface area contributed by atoms with E-state index in [4.69, 9.17) is 5.11 Å². The van der Waals surface area contributed by atoms with Gasteiger partial charge in [-0.05, 0) is 12.5 Å². The lowest BCUT2D eigenvalue weighted by molar-refractivity contribution is 0.376. The lowest BCUT2D eigenvalue weighted by Crippen LogP contribution is -1.61. The molecule has 0 aromatic rings. The normalized spacial score (nSPS) is 7.50. The van der Waals surface area contributed by atoms with E-state index in [1.54, 1.807) is 11.8 Å². The van der Waals surface area contributed by atoms with Crippen molar-refractivity contribution in [1.82, 2.24) is 0 Å². The van der Waals surface area contributed by atoms with E-state index >= 15 is 0 Å². The molecule has 0 amide bonds. The number of thiol groups is 1. The molecule has 0 aromatic heterocycles. The third kappa shape index (κ3) is 27.9. The fourth-order valence-electron chi connectivity index (χ4n) is 0. The van der Waals surface area contributed by atoms with Crippen LogP contribution in [0, 0.1) is 0 Å². The number of aliphatic hydroxyl groups is 1. The number of hydrogen-bond donors (Lipinski definition) is 2. The summed E-state index contributed by atoms with van der Waals surface area (Å²) in [5.74, 6) is 0.236. The zero-order chi connectivity index (χ0) is 6.83. The standard InChI is InChI=1S/C2H6OS.C2H6S2/c2*1-4-2-3/h2*3H,2H2,1H3. The van der Waals surface area contributed by atoms with Gasteiger partial charge in [0, 0.05) is 5.08 Å². The van der Waals surface area contributed by atoms with Gasteiger partial charge < -0.3 is 5.11 Å². The summed E-state index contributed by atoms with van der Waals surface area (Å²) >= 11 is 7.02. The van der Waals surface area contributed by atoms with Crippen molar-refractivity contribution in [3.8, 4) is 0 Å². The third-order valence-corrected chi connectivity index (χ3v) is 1.55. The number of aliphatic hydroxyl groups excluding tert-OH is 1. The van der Waals surface area contributed by atoms with Gasteiger partial charge in [0.1, 0.15) is 0 Å². The quantitative estimate of drug-likeness (QED) is 0.487. The Kier molecular flexibility index (Phi) is 23.1. The average molecular weight is 172 g/mol. The topological polar surface area (TPSA) is 20.2 Å². The van der Waals surface area contributed by atoms with Crippen molar-refractivity contribution < 1.29 is 5.11 Å². The highest BCUT2D eigenvalue weighted by Crippen LogP contribution is 1.90. The second-order valence-electron chi connectivity index (χ2n) is 0.836. The molecule has 0 heterocycles. The number of thioether (sulfide) groups is 2. The Labute approximate surface area is 65.0 Å². The van der Waals surface area contributed by atoms with Crippen LogP contribution in [-0.4, -0.2) is 28.6 Å². The molecule has 0 aliphatic carbocycles. The first kappa shape index (κ1) is 11.8. The van der Waals surface area contributed by atoms with E-state index in [-0.39, 0.29) is 5.94 Å². The van der Waals surface area contributed by atoms with E-state index < -0.39 is 0 Å². The van der Waals surface area contributed by atoms with Crippen LogP contribution >= 0.6 is 36.2 Å². The molecule has 0 bridgehead atoms. The minimum absolute atomic E-state index is 0.236. The summed E-state index contributed by atoms with van der Waals surface area (Å²) < 4.78 is 0. The number of rotatable bonds is 2. The smallest absolute Gasteiger partial charge is 0.0883 e. The summed E-state index contributed by atoms with van der Waals surface area (Å²) in [5.41, 5.74) is 0. The van der Waals surface area contributed by atoms with Gasteiger partial charge in [0.25, 0.3) is 0 Å². The first-order valence-corrected chi connectivity index (χ1v) is 5.45. The zero-order valence-electron chi connectivity index (χ0n) is 5.13. The van der Waals surface area contributed by atoms with Crippen molar-refractivity contribution in [2.75, 3.05) is 23.5 Å². The van der Waals surface area contributed by atoms with Gasteiger partial charge >= 0.3 is 0 Å². The summed E-state index contributed by atoms with van der Waals surface area (Å²) in [6.07, 6.45) is 3.87. The van der Waals surface area contributed by atoms with E-state index in [0.29, 0.717) is 0 Å². The largest absolute Gasteiger partial charge is 0.386 e. The highest BCUT2D eigenvalue weighted by molar-refractivity contribution is 8.08. The van der Waals surface area contributed by atoms with Crippen molar-refractivity contribution >= 4 is 36.2 Å². The Hall–Kier alpha value is 1.01. The van der Waals surface area contributed by atoms with Crippen LogP contribution in [0.3, 0.4) is 0 Å². The van der Waals surface area contributed by atoms with E-state index in [1.807, 2.05) is 12.5 Å². The molecule has 52 valence electrons. The Bertz CT molecular complexity index is 19.2. The molecule has 0 fully saturated rings. The van der Waals surface area contributed by atoms with E-state index in [9.17, 15) is 0 Å². The molecule has 8 heavy (non-hydrogen) atoms. The van der Waals surface area contributed by atoms with Gasteiger partial charge in [0.2, 0.25) is 0 Å². The van der Waals surface area contributed by atoms with Gasteiger partial charge in [-0.1, -0.05) is 0 Å². The average Bonchev–Trinajstić information content (AvgIpc) is 1.88. The number of hydrogen-bond acceptors (Lipinski definition) is 4. The molecule has 1 nitrogen and oxygen atoms in total. The molecule has 0 aliphatic heterocycles. The molecule has 0 unspecified atom stereocenters. The van der Waals surface area contributed by atoms with Crippen molar-refractivity contribution in [1.29, 1.82) is 0 Å². The molecule has 0 rings (SSSR count). The van der Waals surface area contributed by atoms with Gasteiger partial charge in [-0.25, -0.2) is 0 Å². The maximum atomic E-state index is 7.84. The van der Waals surface area contributed by atoms with Crippen molar-refractivity contribution in [2.45, 2.75) is 0 Å². The van der Waals surface area contributed by atoms with Gasteiger partial charge in [-0.2, -0.15) is 24.4 Å². The molecular weight excluding hydrogens is 160 g/mol. The zero-order valence-corrected chi connectivity index (χ0v) is 7.65. The molecule has 0 spiro atoms. The minimum atomic E-state index is 0.236. The second kappa shape index (κ2) is 15.7. The summed E-state index contributed by atoms with van der Waals surface area (Å²) in [6.45, 7) is 0. The molecule has 0 atom stereocenters. The Balaban J connectivity index is 0. The van der Waals surface area contributed by atoms with Crippen LogP contribution in [0.5, 0.6) is 0 Å². The van der Waals surface area contributed by atoms with Crippen LogP contribution in [0.4, 0.5) is 0 Å². The Morgan fingerprint density at radius 3 is 1.62 bits per heavy atom. The highest BCUT2D eigenvalue weighted by Gasteiger charge is 1.56. The predicted molar refractivity (Wildman–Crippen MR) is 48.0 cm³/mol. The first-order chi connectivity index (χ1) is 3.83. The summed E-state index contributed by atoms with van der Waals surface area (Å²) in [4.78, 5) is 0. The van der Waals surface area contributed by atoms with Gasteiger partial charge in [0.05, 0.1) is 5.94 Å². The summed E-state index contributed by atoms with van der Waals surface area (Å²) in [5, 5.41) is 8.77. The highest BCUT2D eigenvalue weighted by atomic mass is 32.2. The van der Waals surface area contributed by atoms with E-state index in [1.165, 1.54) is 11.8 Å². The molecule has 1 N–H and O–H groups in total. The minimum Gasteiger partial charge on any atom is -0.386 e. The van der Waals surface area contributed by atoms with Crippen LogP contribution in [0.2, 0.25) is 0 Å². The van der Waals surface area contributed by atoms with Gasteiger partial charge in [0.15, 0.2) is 0 Å². The van der Waals surface area contributed by atoms with Crippen molar-refractivity contribution in [3.63, 3.8) is 0 Å². The lowest BCUT2D eigenvalue weighted by Gasteiger charge is -1.70. The first-order valence-electron chi connectivity index (χ1n) is 2.03. The molecule has 0 aromatic carbocycles. The lowest BCUT2D eigenvalue weighted by atomic mass is 11.7. The van der Waals surface area contributed by atoms with Gasteiger partial charge in [-0.15, -0.1) is 11.8 Å². The van der Waals surface area contributed by atoms with Crippen molar-refractivity contribution in [3.05, 3.63) is 0 Å². The Morgan fingerprint density at radius 2 is 1.62 bits per heavy atom. The predicted octanol–water partition coefficient (Wildman–Crippen LogP) is 1.54. The van der Waals surface area contributed by atoms with Crippen LogP contribution < -0.4 is 0 Å². The monoisotopic (exact) mass is 172 g/mol.